The monoisotopic (exact) mass is 491 g/mol. The van der Waals surface area contributed by atoms with Gasteiger partial charge in [0.15, 0.2) is 0 Å². The summed E-state index contributed by atoms with van der Waals surface area (Å²) in [6.45, 7) is 6.46. The van der Waals surface area contributed by atoms with Gasteiger partial charge in [-0.1, -0.05) is 42.6 Å². The molecule has 0 bridgehead atoms. The van der Waals surface area contributed by atoms with Gasteiger partial charge in [0.05, 0.1) is 10.6 Å². The Labute approximate surface area is 203 Å². The van der Waals surface area contributed by atoms with Crippen LogP contribution in [0.5, 0.6) is 0 Å². The number of benzene rings is 2. The second-order valence-electron chi connectivity index (χ2n) is 8.60. The van der Waals surface area contributed by atoms with Gasteiger partial charge in [-0.25, -0.2) is 8.42 Å². The number of rotatable bonds is 10. The SMILES string of the molecule is CCC1CCCCN1CCCNC(=O)CN(c1ccc(C)cc1)S(=O)(=O)c1ccc(Cl)cc1. The van der Waals surface area contributed by atoms with E-state index >= 15 is 0 Å². The number of nitrogens with zero attached hydrogens (tertiary/aromatic N) is 2. The minimum Gasteiger partial charge on any atom is -0.354 e. The van der Waals surface area contributed by atoms with Crippen LogP contribution in [0.1, 0.15) is 44.6 Å². The number of aryl methyl sites for hydroxylation is 1. The quantitative estimate of drug-likeness (QED) is 0.492. The number of carbonyl (C=O) groups is 1. The fourth-order valence-corrected chi connectivity index (χ4v) is 5.82. The first kappa shape index (κ1) is 25.5. The summed E-state index contributed by atoms with van der Waals surface area (Å²) in [5.41, 5.74) is 1.46. The number of sulfonamides is 1. The fourth-order valence-electron chi connectivity index (χ4n) is 4.27. The number of piperidine rings is 1. The number of carbonyl (C=O) groups excluding carboxylic acids is 1. The van der Waals surface area contributed by atoms with Crippen LogP contribution in [-0.2, 0) is 14.8 Å². The molecular weight excluding hydrogens is 458 g/mol. The molecule has 1 aliphatic rings. The Morgan fingerprint density at radius 2 is 1.82 bits per heavy atom. The first-order chi connectivity index (χ1) is 15.8. The number of hydrogen-bond donors (Lipinski definition) is 1. The second kappa shape index (κ2) is 11.9. The lowest BCUT2D eigenvalue weighted by atomic mass is 10.00. The Kier molecular flexibility index (Phi) is 9.18. The van der Waals surface area contributed by atoms with Gasteiger partial charge < -0.3 is 10.2 Å². The predicted molar refractivity (Wildman–Crippen MR) is 134 cm³/mol. The molecule has 1 amide bonds. The Bertz CT molecular complexity index is 1010. The molecule has 1 aliphatic heterocycles. The molecular formula is C25H34ClN3O3S. The van der Waals surface area contributed by atoms with Crippen molar-refractivity contribution in [1.82, 2.24) is 10.2 Å². The number of anilines is 1. The van der Waals surface area contributed by atoms with E-state index in [1.807, 2.05) is 19.1 Å². The molecule has 0 radical (unpaired) electrons. The van der Waals surface area contributed by atoms with Crippen LogP contribution in [0, 0.1) is 6.92 Å². The van der Waals surface area contributed by atoms with Crippen LogP contribution in [0.2, 0.25) is 5.02 Å². The van der Waals surface area contributed by atoms with Crippen molar-refractivity contribution in [2.45, 2.75) is 56.9 Å². The molecule has 2 aromatic carbocycles. The van der Waals surface area contributed by atoms with Crippen LogP contribution < -0.4 is 9.62 Å². The van der Waals surface area contributed by atoms with Crippen LogP contribution in [0.15, 0.2) is 53.4 Å². The van der Waals surface area contributed by atoms with E-state index in [-0.39, 0.29) is 17.3 Å². The third kappa shape index (κ3) is 6.95. The minimum absolute atomic E-state index is 0.0935. The van der Waals surface area contributed by atoms with E-state index < -0.39 is 10.0 Å². The maximum atomic E-state index is 13.4. The molecule has 1 unspecified atom stereocenters. The third-order valence-electron chi connectivity index (χ3n) is 6.18. The third-order valence-corrected chi connectivity index (χ3v) is 8.22. The molecule has 6 nitrogen and oxygen atoms in total. The molecule has 0 spiro atoms. The molecule has 1 atom stereocenters. The number of halogens is 1. The molecule has 2 aromatic rings. The lowest BCUT2D eigenvalue weighted by Gasteiger charge is -2.35. The van der Waals surface area contributed by atoms with Crippen molar-refractivity contribution in [3.8, 4) is 0 Å². The summed E-state index contributed by atoms with van der Waals surface area (Å²) < 4.78 is 27.9. The number of hydrogen-bond acceptors (Lipinski definition) is 4. The lowest BCUT2D eigenvalue weighted by Crippen LogP contribution is -2.43. The predicted octanol–water partition coefficient (Wildman–Crippen LogP) is 4.61. The highest BCUT2D eigenvalue weighted by atomic mass is 35.5. The van der Waals surface area contributed by atoms with Crippen LogP contribution in [0.4, 0.5) is 5.69 Å². The van der Waals surface area contributed by atoms with Crippen molar-refractivity contribution in [2.24, 2.45) is 0 Å². The van der Waals surface area contributed by atoms with Crippen LogP contribution in [0.25, 0.3) is 0 Å². The zero-order valence-electron chi connectivity index (χ0n) is 19.5. The molecule has 1 heterocycles. The number of likely N-dealkylation sites (tertiary alicyclic amines) is 1. The summed E-state index contributed by atoms with van der Waals surface area (Å²) in [6, 6.07) is 13.7. The summed E-state index contributed by atoms with van der Waals surface area (Å²) in [6.07, 6.45) is 5.77. The van der Waals surface area contributed by atoms with Gasteiger partial charge >= 0.3 is 0 Å². The van der Waals surface area contributed by atoms with Crippen LogP contribution >= 0.6 is 11.6 Å². The number of nitrogens with one attached hydrogen (secondary N) is 1. The Morgan fingerprint density at radius 1 is 1.12 bits per heavy atom. The summed E-state index contributed by atoms with van der Waals surface area (Å²) in [7, 11) is -3.93. The van der Waals surface area contributed by atoms with E-state index in [2.05, 4.69) is 17.1 Å². The maximum Gasteiger partial charge on any atom is 0.264 e. The van der Waals surface area contributed by atoms with Crippen molar-refractivity contribution in [3.05, 3.63) is 59.1 Å². The molecule has 1 N–H and O–H groups in total. The highest BCUT2D eigenvalue weighted by Gasteiger charge is 2.27. The molecule has 1 fully saturated rings. The van der Waals surface area contributed by atoms with Crippen LogP contribution in [-0.4, -0.2) is 51.4 Å². The zero-order valence-corrected chi connectivity index (χ0v) is 21.0. The van der Waals surface area contributed by atoms with Gasteiger partial charge in [0, 0.05) is 24.2 Å². The summed E-state index contributed by atoms with van der Waals surface area (Å²) >= 11 is 5.93. The molecule has 33 heavy (non-hydrogen) atoms. The van der Waals surface area contributed by atoms with Crippen molar-refractivity contribution < 1.29 is 13.2 Å². The van der Waals surface area contributed by atoms with Gasteiger partial charge in [-0.05, 0) is 75.5 Å². The van der Waals surface area contributed by atoms with Crippen LogP contribution in [0.3, 0.4) is 0 Å². The first-order valence-electron chi connectivity index (χ1n) is 11.7. The molecule has 3 rings (SSSR count). The summed E-state index contributed by atoms with van der Waals surface area (Å²) in [5, 5.41) is 3.36. The molecule has 0 aromatic heterocycles. The van der Waals surface area contributed by atoms with Gasteiger partial charge in [-0.2, -0.15) is 0 Å². The Balaban J connectivity index is 1.65. The van der Waals surface area contributed by atoms with E-state index in [0.717, 1.165) is 35.8 Å². The molecule has 8 heteroatoms. The van der Waals surface area contributed by atoms with E-state index in [1.165, 1.54) is 43.5 Å². The number of amides is 1. The van der Waals surface area contributed by atoms with Gasteiger partial charge in [0.25, 0.3) is 10.0 Å². The highest BCUT2D eigenvalue weighted by molar-refractivity contribution is 7.92. The maximum absolute atomic E-state index is 13.4. The van der Waals surface area contributed by atoms with Gasteiger partial charge in [0.1, 0.15) is 6.54 Å². The van der Waals surface area contributed by atoms with Crippen molar-refractivity contribution in [2.75, 3.05) is 30.5 Å². The van der Waals surface area contributed by atoms with Gasteiger partial charge in [-0.15, -0.1) is 0 Å². The van der Waals surface area contributed by atoms with E-state index in [0.29, 0.717) is 23.3 Å². The first-order valence-corrected chi connectivity index (χ1v) is 13.5. The van der Waals surface area contributed by atoms with Crippen molar-refractivity contribution >= 4 is 33.2 Å². The van der Waals surface area contributed by atoms with Crippen molar-refractivity contribution in [3.63, 3.8) is 0 Å². The van der Waals surface area contributed by atoms with E-state index in [1.54, 1.807) is 12.1 Å². The highest BCUT2D eigenvalue weighted by Crippen LogP contribution is 2.25. The second-order valence-corrected chi connectivity index (χ2v) is 10.9. The Hall–Kier alpha value is -2.09. The molecule has 0 saturated carbocycles. The fraction of sp³-hybridized carbons (Fsp3) is 0.480. The normalized spacial score (nSPS) is 17.0. The Morgan fingerprint density at radius 3 is 2.48 bits per heavy atom. The average Bonchev–Trinajstić information content (AvgIpc) is 2.81. The molecule has 180 valence electrons. The molecule has 1 saturated heterocycles. The molecule has 0 aliphatic carbocycles. The lowest BCUT2D eigenvalue weighted by molar-refractivity contribution is -0.119. The smallest absolute Gasteiger partial charge is 0.264 e. The topological polar surface area (TPSA) is 69.7 Å². The average molecular weight is 492 g/mol. The summed E-state index contributed by atoms with van der Waals surface area (Å²) in [5.74, 6) is -0.321. The largest absolute Gasteiger partial charge is 0.354 e. The van der Waals surface area contributed by atoms with Gasteiger partial charge in [0.2, 0.25) is 5.91 Å². The zero-order chi connectivity index (χ0) is 23.8. The standard InChI is InChI=1S/C25H34ClN3O3S/c1-3-22-7-4-5-17-28(22)18-6-16-27-25(30)19-29(23-12-8-20(2)9-13-23)33(31,32)24-14-10-21(26)11-15-24/h8-15,22H,3-7,16-19H2,1-2H3,(H,27,30). The van der Waals surface area contributed by atoms with Crippen molar-refractivity contribution in [1.29, 1.82) is 0 Å². The summed E-state index contributed by atoms with van der Waals surface area (Å²) in [4.78, 5) is 15.4. The van der Waals surface area contributed by atoms with E-state index in [9.17, 15) is 13.2 Å². The minimum atomic E-state index is -3.93. The van der Waals surface area contributed by atoms with E-state index in [4.69, 9.17) is 11.6 Å². The van der Waals surface area contributed by atoms with Gasteiger partial charge in [-0.3, -0.25) is 9.10 Å².